The molecule has 0 bridgehead atoms. The normalized spacial score (nSPS) is 10.1. The third kappa shape index (κ3) is 4.35. The summed E-state index contributed by atoms with van der Waals surface area (Å²) in [6.07, 6.45) is -1.03. The number of hydrogen-bond acceptors (Lipinski definition) is 2. The first-order valence-corrected chi connectivity index (χ1v) is 4.33. The van der Waals surface area contributed by atoms with Gasteiger partial charge in [-0.25, -0.2) is 18.6 Å². The van der Waals surface area contributed by atoms with Crippen LogP contribution in [0.5, 0.6) is 0 Å². The molecule has 0 atom stereocenters. The maximum absolute atomic E-state index is 11.7. The van der Waals surface area contributed by atoms with Gasteiger partial charge in [0.2, 0.25) is 0 Å². The van der Waals surface area contributed by atoms with Crippen molar-refractivity contribution in [2.45, 2.75) is 13.3 Å². The van der Waals surface area contributed by atoms with Crippen LogP contribution in [0, 0.1) is 6.92 Å². The van der Waals surface area contributed by atoms with Gasteiger partial charge in [-0.1, -0.05) is 0 Å². The lowest BCUT2D eigenvalue weighted by atomic mass is 10.3. The van der Waals surface area contributed by atoms with Crippen LogP contribution in [0.3, 0.4) is 0 Å². The second-order valence-electron chi connectivity index (χ2n) is 2.94. The summed E-state index contributed by atoms with van der Waals surface area (Å²) in [5, 5.41) is 4.35. The van der Waals surface area contributed by atoms with E-state index in [0.29, 0.717) is 5.82 Å². The van der Waals surface area contributed by atoms with Crippen LogP contribution in [0.2, 0.25) is 0 Å². The van der Waals surface area contributed by atoms with Gasteiger partial charge in [-0.05, 0) is 24.6 Å². The molecule has 0 unspecified atom stereocenters. The van der Waals surface area contributed by atoms with E-state index >= 15 is 0 Å². The molecule has 4 nitrogen and oxygen atoms in total. The Bertz CT molecular complexity index is 344. The molecule has 1 aromatic heterocycles. The number of amides is 2. The predicted octanol–water partition coefficient (Wildman–Crippen LogP) is 1.78. The molecule has 0 saturated heterocycles. The van der Waals surface area contributed by atoms with Gasteiger partial charge >= 0.3 is 6.03 Å². The number of alkyl halides is 2. The lowest BCUT2D eigenvalue weighted by Crippen LogP contribution is -2.32. The quantitative estimate of drug-likeness (QED) is 0.807. The summed E-state index contributed by atoms with van der Waals surface area (Å²) in [5.74, 6) is 0.335. The first kappa shape index (κ1) is 11.4. The second kappa shape index (κ2) is 5.23. The number of carbonyl (C=O) groups excluding carboxylic acids is 1. The van der Waals surface area contributed by atoms with Crippen molar-refractivity contribution in [1.29, 1.82) is 0 Å². The highest BCUT2D eigenvalue weighted by Crippen LogP contribution is 2.04. The van der Waals surface area contributed by atoms with E-state index in [0.717, 1.165) is 5.56 Å². The van der Waals surface area contributed by atoms with Crippen LogP contribution in [-0.4, -0.2) is 24.0 Å². The minimum atomic E-state index is -2.55. The lowest BCUT2D eigenvalue weighted by Gasteiger charge is -2.06. The number of rotatable bonds is 3. The Balaban J connectivity index is 2.44. The number of aromatic nitrogens is 1. The van der Waals surface area contributed by atoms with Gasteiger partial charge in [-0.3, -0.25) is 5.32 Å². The summed E-state index contributed by atoms with van der Waals surface area (Å²) in [6, 6.07) is 2.72. The molecule has 1 aromatic rings. The Hall–Kier alpha value is -1.72. The molecular formula is C9H11F2N3O. The van der Waals surface area contributed by atoms with E-state index in [-0.39, 0.29) is 0 Å². The monoisotopic (exact) mass is 215 g/mol. The molecule has 0 fully saturated rings. The molecule has 2 N–H and O–H groups in total. The third-order valence-corrected chi connectivity index (χ3v) is 1.57. The van der Waals surface area contributed by atoms with E-state index in [2.05, 4.69) is 10.3 Å². The number of aryl methyl sites for hydroxylation is 1. The van der Waals surface area contributed by atoms with Crippen LogP contribution in [0.4, 0.5) is 19.4 Å². The first-order chi connectivity index (χ1) is 7.08. The zero-order valence-electron chi connectivity index (χ0n) is 8.13. The highest BCUT2D eigenvalue weighted by Gasteiger charge is 2.06. The predicted molar refractivity (Wildman–Crippen MR) is 52.0 cm³/mol. The van der Waals surface area contributed by atoms with E-state index in [1.807, 2.05) is 12.2 Å². The summed E-state index contributed by atoms with van der Waals surface area (Å²) in [7, 11) is 0. The Labute approximate surface area is 85.7 Å². The highest BCUT2D eigenvalue weighted by molar-refractivity contribution is 5.88. The topological polar surface area (TPSA) is 54.0 Å². The molecule has 15 heavy (non-hydrogen) atoms. The second-order valence-corrected chi connectivity index (χ2v) is 2.94. The number of pyridine rings is 1. The molecule has 1 rings (SSSR count). The maximum Gasteiger partial charge on any atom is 0.320 e. The summed E-state index contributed by atoms with van der Waals surface area (Å²) < 4.78 is 23.5. The fraction of sp³-hybridized carbons (Fsp3) is 0.333. The van der Waals surface area contributed by atoms with Crippen LogP contribution >= 0.6 is 0 Å². The van der Waals surface area contributed by atoms with Crippen molar-refractivity contribution in [3.8, 4) is 0 Å². The molecule has 2 amide bonds. The summed E-state index contributed by atoms with van der Waals surface area (Å²) in [4.78, 5) is 14.9. The summed E-state index contributed by atoms with van der Waals surface area (Å²) >= 11 is 0. The van der Waals surface area contributed by atoms with Crippen molar-refractivity contribution in [2.75, 3.05) is 11.9 Å². The molecule has 0 aliphatic heterocycles. The zero-order valence-corrected chi connectivity index (χ0v) is 8.13. The molecule has 0 spiro atoms. The van der Waals surface area contributed by atoms with Gasteiger partial charge in [0, 0.05) is 6.20 Å². The molecule has 82 valence electrons. The Morgan fingerprint density at radius 3 is 2.93 bits per heavy atom. The minimum absolute atomic E-state index is 0.335. The van der Waals surface area contributed by atoms with Crippen molar-refractivity contribution < 1.29 is 13.6 Å². The molecule has 0 aromatic carbocycles. The van der Waals surface area contributed by atoms with E-state index < -0.39 is 19.0 Å². The fourth-order valence-corrected chi connectivity index (χ4v) is 0.935. The van der Waals surface area contributed by atoms with Gasteiger partial charge in [0.15, 0.2) is 0 Å². The number of hydrogen-bond donors (Lipinski definition) is 2. The molecule has 0 radical (unpaired) electrons. The van der Waals surface area contributed by atoms with E-state index in [9.17, 15) is 13.6 Å². The van der Waals surface area contributed by atoms with Crippen molar-refractivity contribution in [3.63, 3.8) is 0 Å². The largest absolute Gasteiger partial charge is 0.332 e. The van der Waals surface area contributed by atoms with E-state index in [1.165, 1.54) is 6.20 Å². The van der Waals surface area contributed by atoms with Gasteiger partial charge in [0.05, 0.1) is 6.54 Å². The van der Waals surface area contributed by atoms with Crippen LogP contribution in [0.25, 0.3) is 0 Å². The number of nitrogens with zero attached hydrogens (tertiary/aromatic N) is 1. The number of carbonyl (C=O) groups is 1. The summed E-state index contributed by atoms with van der Waals surface area (Å²) in [5.41, 5.74) is 0.925. The van der Waals surface area contributed by atoms with Gasteiger partial charge < -0.3 is 5.32 Å². The van der Waals surface area contributed by atoms with Gasteiger partial charge in [0.1, 0.15) is 5.82 Å². The SMILES string of the molecule is Cc1ccnc(NC(=O)NCC(F)F)c1. The van der Waals surface area contributed by atoms with E-state index in [1.54, 1.807) is 12.1 Å². The Morgan fingerprint density at radius 2 is 2.33 bits per heavy atom. The van der Waals surface area contributed by atoms with Crippen molar-refractivity contribution >= 4 is 11.8 Å². The average Bonchev–Trinajstić information content (AvgIpc) is 2.15. The number of nitrogens with one attached hydrogen (secondary N) is 2. The molecule has 0 aliphatic carbocycles. The maximum atomic E-state index is 11.7. The van der Waals surface area contributed by atoms with Crippen molar-refractivity contribution in [3.05, 3.63) is 23.9 Å². The minimum Gasteiger partial charge on any atom is -0.332 e. The standard InChI is InChI=1S/C9H11F2N3O/c1-6-2-3-12-8(4-6)14-9(15)13-5-7(10)11/h2-4,7H,5H2,1H3,(H2,12,13,14,15). The third-order valence-electron chi connectivity index (χ3n) is 1.57. The molecule has 1 heterocycles. The lowest BCUT2D eigenvalue weighted by molar-refractivity contribution is 0.148. The Morgan fingerprint density at radius 1 is 1.60 bits per heavy atom. The van der Waals surface area contributed by atoms with Crippen LogP contribution in [0.15, 0.2) is 18.3 Å². The number of urea groups is 1. The highest BCUT2D eigenvalue weighted by atomic mass is 19.3. The van der Waals surface area contributed by atoms with Crippen LogP contribution in [0.1, 0.15) is 5.56 Å². The van der Waals surface area contributed by atoms with Crippen molar-refractivity contribution in [2.24, 2.45) is 0 Å². The Kier molecular flexibility index (Phi) is 3.96. The van der Waals surface area contributed by atoms with Gasteiger partial charge in [-0.15, -0.1) is 0 Å². The molecule has 0 aliphatic rings. The summed E-state index contributed by atoms with van der Waals surface area (Å²) in [6.45, 7) is 1.17. The zero-order chi connectivity index (χ0) is 11.3. The fourth-order valence-electron chi connectivity index (χ4n) is 0.935. The van der Waals surface area contributed by atoms with E-state index in [4.69, 9.17) is 0 Å². The average molecular weight is 215 g/mol. The number of anilines is 1. The smallest absolute Gasteiger partial charge is 0.320 e. The van der Waals surface area contributed by atoms with Gasteiger partial charge in [0.25, 0.3) is 6.43 Å². The molecule has 0 saturated carbocycles. The van der Waals surface area contributed by atoms with Crippen molar-refractivity contribution in [1.82, 2.24) is 10.3 Å². The van der Waals surface area contributed by atoms with Gasteiger partial charge in [-0.2, -0.15) is 0 Å². The van der Waals surface area contributed by atoms with Crippen LogP contribution < -0.4 is 10.6 Å². The van der Waals surface area contributed by atoms with Crippen LogP contribution in [-0.2, 0) is 0 Å². The molecular weight excluding hydrogens is 204 g/mol. The number of halogens is 2. The first-order valence-electron chi connectivity index (χ1n) is 4.33. The molecule has 6 heteroatoms.